The van der Waals surface area contributed by atoms with E-state index in [0.29, 0.717) is 17.1 Å². The maximum atomic E-state index is 12.5. The van der Waals surface area contributed by atoms with Crippen molar-refractivity contribution in [1.29, 1.82) is 0 Å². The average molecular weight is 301 g/mol. The highest BCUT2D eigenvalue weighted by molar-refractivity contribution is 6.30. The first-order chi connectivity index (χ1) is 9.40. The Labute approximate surface area is 117 Å². The van der Waals surface area contributed by atoms with Gasteiger partial charge in [-0.1, -0.05) is 11.6 Å². The molecular formula is C14H8ClF3O2. The van der Waals surface area contributed by atoms with Crippen molar-refractivity contribution in [1.82, 2.24) is 0 Å². The summed E-state index contributed by atoms with van der Waals surface area (Å²) in [5, 5.41) is 0.500. The molecule has 0 radical (unpaired) electrons. The van der Waals surface area contributed by atoms with Crippen LogP contribution in [0, 0.1) is 0 Å². The number of alkyl halides is 3. The molecule has 6 heteroatoms. The molecule has 0 amide bonds. The molecule has 0 atom stereocenters. The highest BCUT2D eigenvalue weighted by Crippen LogP contribution is 2.33. The van der Waals surface area contributed by atoms with E-state index in [9.17, 15) is 18.0 Å². The number of benzene rings is 2. The van der Waals surface area contributed by atoms with Gasteiger partial charge in [0.1, 0.15) is 11.5 Å². The Morgan fingerprint density at radius 1 is 1.05 bits per heavy atom. The fourth-order valence-corrected chi connectivity index (χ4v) is 1.67. The third-order valence-electron chi connectivity index (χ3n) is 2.51. The molecule has 0 spiro atoms. The van der Waals surface area contributed by atoms with Gasteiger partial charge >= 0.3 is 6.18 Å². The normalized spacial score (nSPS) is 11.2. The van der Waals surface area contributed by atoms with Gasteiger partial charge in [-0.25, -0.2) is 0 Å². The van der Waals surface area contributed by atoms with Crippen LogP contribution < -0.4 is 4.74 Å². The van der Waals surface area contributed by atoms with Gasteiger partial charge < -0.3 is 4.74 Å². The molecule has 2 aromatic rings. The molecule has 104 valence electrons. The lowest BCUT2D eigenvalue weighted by atomic mass is 10.1. The Hall–Kier alpha value is -2.01. The molecule has 2 rings (SSSR count). The fraction of sp³-hybridized carbons (Fsp3) is 0.0714. The maximum absolute atomic E-state index is 12.5. The van der Waals surface area contributed by atoms with E-state index in [1.807, 2.05) is 0 Å². The zero-order valence-corrected chi connectivity index (χ0v) is 10.7. The van der Waals surface area contributed by atoms with Gasteiger partial charge in [-0.3, -0.25) is 4.79 Å². The number of carbonyl (C=O) groups is 1. The van der Waals surface area contributed by atoms with Gasteiger partial charge in [0.25, 0.3) is 0 Å². The van der Waals surface area contributed by atoms with Crippen molar-refractivity contribution in [3.8, 4) is 11.5 Å². The Kier molecular flexibility index (Phi) is 3.99. The molecule has 0 aromatic heterocycles. The van der Waals surface area contributed by atoms with Crippen molar-refractivity contribution in [2.45, 2.75) is 6.18 Å². The second-order valence-corrected chi connectivity index (χ2v) is 4.36. The maximum Gasteiger partial charge on any atom is 0.416 e. The van der Waals surface area contributed by atoms with E-state index in [1.54, 1.807) is 24.3 Å². The van der Waals surface area contributed by atoms with Crippen molar-refractivity contribution in [3.05, 3.63) is 58.6 Å². The van der Waals surface area contributed by atoms with E-state index in [1.165, 1.54) is 0 Å². The summed E-state index contributed by atoms with van der Waals surface area (Å²) in [6.45, 7) is 0. The summed E-state index contributed by atoms with van der Waals surface area (Å²) in [7, 11) is 0. The van der Waals surface area contributed by atoms with E-state index in [2.05, 4.69) is 0 Å². The second-order valence-electron chi connectivity index (χ2n) is 3.92. The van der Waals surface area contributed by atoms with Crippen LogP contribution in [0.25, 0.3) is 0 Å². The van der Waals surface area contributed by atoms with Crippen LogP contribution in [0.3, 0.4) is 0 Å². The molecule has 0 saturated heterocycles. The Bertz CT molecular complexity index is 621. The summed E-state index contributed by atoms with van der Waals surface area (Å²) in [6, 6.07) is 8.96. The van der Waals surface area contributed by atoms with Gasteiger partial charge in [-0.2, -0.15) is 13.2 Å². The summed E-state index contributed by atoms with van der Waals surface area (Å²) >= 11 is 5.71. The topological polar surface area (TPSA) is 26.3 Å². The third kappa shape index (κ3) is 3.30. The first kappa shape index (κ1) is 14.4. The standard InChI is InChI=1S/C14H8ClF3O2/c15-11-2-4-12(5-3-11)20-13-6-1-10(14(16,17)18)7-9(13)8-19/h1-8H. The van der Waals surface area contributed by atoms with Crippen molar-refractivity contribution >= 4 is 17.9 Å². The molecule has 2 aromatic carbocycles. The average Bonchev–Trinajstić information content (AvgIpc) is 2.40. The minimum Gasteiger partial charge on any atom is -0.457 e. The second kappa shape index (κ2) is 5.54. The largest absolute Gasteiger partial charge is 0.457 e. The summed E-state index contributed by atoms with van der Waals surface area (Å²) < 4.78 is 43.0. The molecule has 0 aliphatic heterocycles. The van der Waals surface area contributed by atoms with E-state index in [0.717, 1.165) is 18.2 Å². The van der Waals surface area contributed by atoms with E-state index >= 15 is 0 Å². The van der Waals surface area contributed by atoms with Crippen LogP contribution in [-0.2, 0) is 6.18 Å². The summed E-state index contributed by atoms with van der Waals surface area (Å²) in [4.78, 5) is 10.9. The molecule has 0 bridgehead atoms. The first-order valence-electron chi connectivity index (χ1n) is 5.50. The van der Waals surface area contributed by atoms with Crippen LogP contribution >= 0.6 is 11.6 Å². The van der Waals surface area contributed by atoms with Crippen molar-refractivity contribution < 1.29 is 22.7 Å². The predicted octanol–water partition coefficient (Wildman–Crippen LogP) is 4.96. The van der Waals surface area contributed by atoms with E-state index in [4.69, 9.17) is 16.3 Å². The van der Waals surface area contributed by atoms with E-state index in [-0.39, 0.29) is 11.3 Å². The Balaban J connectivity index is 2.32. The number of hydrogen-bond acceptors (Lipinski definition) is 2. The first-order valence-corrected chi connectivity index (χ1v) is 5.88. The SMILES string of the molecule is O=Cc1cc(C(F)(F)F)ccc1Oc1ccc(Cl)cc1. The van der Waals surface area contributed by atoms with Crippen LogP contribution in [0.15, 0.2) is 42.5 Å². The van der Waals surface area contributed by atoms with Gasteiger partial charge in [-0.05, 0) is 42.5 Å². The van der Waals surface area contributed by atoms with Crippen LogP contribution in [0.1, 0.15) is 15.9 Å². The van der Waals surface area contributed by atoms with Crippen molar-refractivity contribution in [3.63, 3.8) is 0 Å². The lowest BCUT2D eigenvalue weighted by Gasteiger charge is -2.11. The molecule has 0 N–H and O–H groups in total. The summed E-state index contributed by atoms with van der Waals surface area (Å²) in [5.41, 5.74) is -1.07. The molecule has 2 nitrogen and oxygen atoms in total. The Morgan fingerprint density at radius 3 is 2.25 bits per heavy atom. The summed E-state index contributed by atoms with van der Waals surface area (Å²) in [5.74, 6) is 0.424. The molecule has 0 aliphatic rings. The van der Waals surface area contributed by atoms with Crippen molar-refractivity contribution in [2.75, 3.05) is 0 Å². The van der Waals surface area contributed by atoms with Crippen LogP contribution in [-0.4, -0.2) is 6.29 Å². The minimum atomic E-state index is -4.50. The number of hydrogen-bond donors (Lipinski definition) is 0. The molecular weight excluding hydrogens is 293 g/mol. The number of ether oxygens (including phenoxy) is 1. The highest BCUT2D eigenvalue weighted by Gasteiger charge is 2.31. The van der Waals surface area contributed by atoms with Gasteiger partial charge in [0.2, 0.25) is 0 Å². The predicted molar refractivity (Wildman–Crippen MR) is 68.4 cm³/mol. The number of halogens is 4. The lowest BCUT2D eigenvalue weighted by Crippen LogP contribution is -2.05. The quantitative estimate of drug-likeness (QED) is 0.749. The van der Waals surface area contributed by atoms with Gasteiger partial charge in [0, 0.05) is 5.02 Å². The fourth-order valence-electron chi connectivity index (χ4n) is 1.54. The van der Waals surface area contributed by atoms with Crippen LogP contribution in [0.4, 0.5) is 13.2 Å². The zero-order chi connectivity index (χ0) is 14.8. The summed E-state index contributed by atoms with van der Waals surface area (Å²) in [6.07, 6.45) is -4.18. The molecule has 0 heterocycles. The van der Waals surface area contributed by atoms with E-state index < -0.39 is 11.7 Å². The van der Waals surface area contributed by atoms with Gasteiger partial charge in [-0.15, -0.1) is 0 Å². The zero-order valence-electron chi connectivity index (χ0n) is 9.95. The minimum absolute atomic E-state index is 0.0512. The molecule has 20 heavy (non-hydrogen) atoms. The van der Waals surface area contributed by atoms with Gasteiger partial charge in [0.05, 0.1) is 11.1 Å². The monoisotopic (exact) mass is 300 g/mol. The van der Waals surface area contributed by atoms with Crippen LogP contribution in [0.5, 0.6) is 11.5 Å². The highest BCUT2D eigenvalue weighted by atomic mass is 35.5. The third-order valence-corrected chi connectivity index (χ3v) is 2.76. The number of rotatable bonds is 3. The molecule has 0 saturated carbocycles. The number of carbonyl (C=O) groups excluding carboxylic acids is 1. The molecule has 0 aliphatic carbocycles. The smallest absolute Gasteiger partial charge is 0.416 e. The van der Waals surface area contributed by atoms with Crippen LogP contribution in [0.2, 0.25) is 5.02 Å². The van der Waals surface area contributed by atoms with Crippen molar-refractivity contribution in [2.24, 2.45) is 0 Å². The number of aldehydes is 1. The Morgan fingerprint density at radius 2 is 1.70 bits per heavy atom. The molecule has 0 unspecified atom stereocenters. The molecule has 0 fully saturated rings. The lowest BCUT2D eigenvalue weighted by molar-refractivity contribution is -0.137. The van der Waals surface area contributed by atoms with Gasteiger partial charge in [0.15, 0.2) is 6.29 Å².